The number of amides is 1. The largest absolute Gasteiger partial charge is 0.486 e. The molecule has 0 aliphatic carbocycles. The number of halogens is 1. The Morgan fingerprint density at radius 3 is 2.52 bits per heavy atom. The van der Waals surface area contributed by atoms with E-state index in [4.69, 9.17) is 21.1 Å². The normalized spacial score (nSPS) is 21.1. The van der Waals surface area contributed by atoms with Gasteiger partial charge in [0, 0.05) is 24.0 Å². The van der Waals surface area contributed by atoms with Gasteiger partial charge in [0.2, 0.25) is 0 Å². The molecule has 4 rings (SSSR count). The number of para-hydroxylation sites is 1. The monoisotopic (exact) mass is 387 g/mol. The topological polar surface area (TPSA) is 76.1 Å². The van der Waals surface area contributed by atoms with Gasteiger partial charge in [-0.25, -0.2) is 0 Å². The van der Waals surface area contributed by atoms with E-state index in [0.29, 0.717) is 41.8 Å². The highest BCUT2D eigenvalue weighted by molar-refractivity contribution is 6.30. The Balaban J connectivity index is 1.62. The number of benzene rings is 2. The van der Waals surface area contributed by atoms with Crippen LogP contribution in [-0.4, -0.2) is 48.2 Å². The third-order valence-electron chi connectivity index (χ3n) is 5.02. The van der Waals surface area contributed by atoms with Gasteiger partial charge in [-0.15, -0.1) is 0 Å². The van der Waals surface area contributed by atoms with Gasteiger partial charge in [-0.05, 0) is 29.8 Å². The van der Waals surface area contributed by atoms with E-state index in [1.807, 2.05) is 12.1 Å². The van der Waals surface area contributed by atoms with E-state index in [1.54, 1.807) is 35.2 Å². The zero-order chi connectivity index (χ0) is 19.0. The third-order valence-corrected chi connectivity index (χ3v) is 5.27. The molecule has 140 valence electrons. The highest BCUT2D eigenvalue weighted by Crippen LogP contribution is 2.38. The molecule has 2 aromatic carbocycles. The first-order chi connectivity index (χ1) is 13.0. The highest BCUT2D eigenvalue weighted by Gasteiger charge is 2.41. The van der Waals surface area contributed by atoms with Crippen molar-refractivity contribution in [2.75, 3.05) is 26.3 Å². The Morgan fingerprint density at radius 1 is 1.04 bits per heavy atom. The molecule has 2 heterocycles. The number of carbonyl (C=O) groups is 2. The standard InChI is InChI=1S/C20H18ClNO5/c21-13-6-4-12(5-7-13)15-10-22(11-16(15)20(24)25)19(23)14-2-1-3-17-18(14)27-9-8-26-17/h1-7,15-16H,8-11H2,(H,24,25)/t15-,16+/m0/s1. The van der Waals surface area contributed by atoms with Crippen LogP contribution in [0.4, 0.5) is 0 Å². The minimum atomic E-state index is -0.917. The molecule has 2 aliphatic heterocycles. The van der Waals surface area contributed by atoms with Crippen molar-refractivity contribution in [1.82, 2.24) is 4.90 Å². The fourth-order valence-corrected chi connectivity index (χ4v) is 3.81. The van der Waals surface area contributed by atoms with Crippen molar-refractivity contribution in [3.8, 4) is 11.5 Å². The summed E-state index contributed by atoms with van der Waals surface area (Å²) < 4.78 is 11.2. The lowest BCUT2D eigenvalue weighted by molar-refractivity contribution is -0.141. The molecule has 7 heteroatoms. The molecule has 0 spiro atoms. The Morgan fingerprint density at radius 2 is 1.78 bits per heavy atom. The van der Waals surface area contributed by atoms with Crippen molar-refractivity contribution in [2.24, 2.45) is 5.92 Å². The van der Waals surface area contributed by atoms with Gasteiger partial charge in [0.15, 0.2) is 11.5 Å². The van der Waals surface area contributed by atoms with Crippen LogP contribution in [0.25, 0.3) is 0 Å². The molecule has 6 nitrogen and oxygen atoms in total. The Labute approximate surface area is 161 Å². The van der Waals surface area contributed by atoms with Crippen molar-refractivity contribution in [2.45, 2.75) is 5.92 Å². The average molecular weight is 388 g/mol. The number of carboxylic acid groups (broad SMARTS) is 1. The van der Waals surface area contributed by atoms with Gasteiger partial charge in [-0.1, -0.05) is 29.8 Å². The molecule has 27 heavy (non-hydrogen) atoms. The maximum atomic E-state index is 13.1. The van der Waals surface area contributed by atoms with E-state index in [2.05, 4.69) is 0 Å². The number of aliphatic carboxylic acids is 1. The van der Waals surface area contributed by atoms with Crippen LogP contribution >= 0.6 is 11.6 Å². The molecule has 0 aromatic heterocycles. The van der Waals surface area contributed by atoms with Gasteiger partial charge < -0.3 is 19.5 Å². The predicted octanol–water partition coefficient (Wildman–Crippen LogP) is 3.05. The molecule has 2 aromatic rings. The van der Waals surface area contributed by atoms with E-state index in [9.17, 15) is 14.7 Å². The number of rotatable bonds is 3. The molecule has 0 radical (unpaired) electrons. The number of carbonyl (C=O) groups excluding carboxylic acids is 1. The highest BCUT2D eigenvalue weighted by atomic mass is 35.5. The van der Waals surface area contributed by atoms with E-state index in [1.165, 1.54) is 0 Å². The molecule has 1 fully saturated rings. The zero-order valence-corrected chi connectivity index (χ0v) is 15.2. The summed E-state index contributed by atoms with van der Waals surface area (Å²) in [6.07, 6.45) is 0. The first-order valence-electron chi connectivity index (χ1n) is 8.71. The van der Waals surface area contributed by atoms with Crippen LogP contribution in [0.5, 0.6) is 11.5 Å². The van der Waals surface area contributed by atoms with E-state index < -0.39 is 11.9 Å². The summed E-state index contributed by atoms with van der Waals surface area (Å²) in [6, 6.07) is 12.3. The minimum absolute atomic E-state index is 0.145. The lowest BCUT2D eigenvalue weighted by atomic mass is 9.89. The summed E-state index contributed by atoms with van der Waals surface area (Å²) in [6.45, 7) is 1.28. The molecule has 0 bridgehead atoms. The molecule has 1 saturated heterocycles. The third kappa shape index (κ3) is 3.32. The first kappa shape index (κ1) is 17.7. The Kier molecular flexibility index (Phi) is 4.66. The molecule has 2 aliphatic rings. The summed E-state index contributed by atoms with van der Waals surface area (Å²) in [5.74, 6) is -1.17. The van der Waals surface area contributed by atoms with Gasteiger partial charge in [0.1, 0.15) is 13.2 Å². The SMILES string of the molecule is O=C(O)[C@@H]1CN(C(=O)c2cccc3c2OCCO3)C[C@H]1c1ccc(Cl)cc1. The van der Waals surface area contributed by atoms with Gasteiger partial charge in [0.25, 0.3) is 5.91 Å². The molecular formula is C20H18ClNO5. The summed E-state index contributed by atoms with van der Waals surface area (Å²) in [7, 11) is 0. The summed E-state index contributed by atoms with van der Waals surface area (Å²) in [5, 5.41) is 10.2. The lowest BCUT2D eigenvalue weighted by Gasteiger charge is -2.23. The Hall–Kier alpha value is -2.73. The number of fused-ring (bicyclic) bond motifs is 1. The summed E-state index contributed by atoms with van der Waals surface area (Å²) >= 11 is 5.94. The van der Waals surface area contributed by atoms with Crippen LogP contribution in [0.1, 0.15) is 21.8 Å². The predicted molar refractivity (Wildman–Crippen MR) is 98.7 cm³/mol. The van der Waals surface area contributed by atoms with E-state index in [0.717, 1.165) is 5.56 Å². The summed E-state index contributed by atoms with van der Waals surface area (Å²) in [5.41, 5.74) is 1.25. The molecule has 1 amide bonds. The second kappa shape index (κ2) is 7.12. The second-order valence-corrected chi connectivity index (χ2v) is 7.08. The molecule has 0 saturated carbocycles. The van der Waals surface area contributed by atoms with E-state index >= 15 is 0 Å². The average Bonchev–Trinajstić information content (AvgIpc) is 3.13. The van der Waals surface area contributed by atoms with Crippen LogP contribution in [0, 0.1) is 5.92 Å². The molecule has 2 atom stereocenters. The van der Waals surface area contributed by atoms with Crippen LogP contribution in [0.2, 0.25) is 5.02 Å². The molecule has 1 N–H and O–H groups in total. The van der Waals surface area contributed by atoms with Gasteiger partial charge >= 0.3 is 5.97 Å². The lowest BCUT2D eigenvalue weighted by Crippen LogP contribution is -2.31. The fourth-order valence-electron chi connectivity index (χ4n) is 3.68. The second-order valence-electron chi connectivity index (χ2n) is 6.64. The van der Waals surface area contributed by atoms with Crippen molar-refractivity contribution < 1.29 is 24.2 Å². The van der Waals surface area contributed by atoms with Crippen molar-refractivity contribution in [3.05, 3.63) is 58.6 Å². The Bertz CT molecular complexity index is 882. The summed E-state index contributed by atoms with van der Waals surface area (Å²) in [4.78, 5) is 26.5. The van der Waals surface area contributed by atoms with Gasteiger partial charge in [-0.3, -0.25) is 9.59 Å². The van der Waals surface area contributed by atoms with Crippen LogP contribution in [0.3, 0.4) is 0 Å². The van der Waals surface area contributed by atoms with Gasteiger partial charge in [0.05, 0.1) is 11.5 Å². The maximum absolute atomic E-state index is 13.1. The fraction of sp³-hybridized carbons (Fsp3) is 0.300. The quantitative estimate of drug-likeness (QED) is 0.876. The van der Waals surface area contributed by atoms with Crippen LogP contribution < -0.4 is 9.47 Å². The smallest absolute Gasteiger partial charge is 0.308 e. The van der Waals surface area contributed by atoms with Crippen molar-refractivity contribution in [3.63, 3.8) is 0 Å². The number of hydrogen-bond acceptors (Lipinski definition) is 4. The number of ether oxygens (including phenoxy) is 2. The number of hydrogen-bond donors (Lipinski definition) is 1. The van der Waals surface area contributed by atoms with Crippen molar-refractivity contribution >= 4 is 23.5 Å². The number of nitrogens with zero attached hydrogens (tertiary/aromatic N) is 1. The van der Waals surface area contributed by atoms with Crippen LogP contribution in [-0.2, 0) is 4.79 Å². The minimum Gasteiger partial charge on any atom is -0.486 e. The van der Waals surface area contributed by atoms with E-state index in [-0.39, 0.29) is 18.4 Å². The molecule has 0 unspecified atom stereocenters. The first-order valence-corrected chi connectivity index (χ1v) is 9.08. The van der Waals surface area contributed by atoms with Crippen molar-refractivity contribution in [1.29, 1.82) is 0 Å². The van der Waals surface area contributed by atoms with Crippen LogP contribution in [0.15, 0.2) is 42.5 Å². The zero-order valence-electron chi connectivity index (χ0n) is 14.4. The number of carboxylic acids is 1. The molecular weight excluding hydrogens is 370 g/mol. The van der Waals surface area contributed by atoms with Gasteiger partial charge in [-0.2, -0.15) is 0 Å². The maximum Gasteiger partial charge on any atom is 0.308 e. The number of likely N-dealkylation sites (tertiary alicyclic amines) is 1.